The number of halogens is 2. The van der Waals surface area contributed by atoms with Crippen LogP contribution in [-0.4, -0.2) is 22.8 Å². The van der Waals surface area contributed by atoms with Crippen molar-refractivity contribution in [2.75, 3.05) is 7.05 Å². The van der Waals surface area contributed by atoms with Gasteiger partial charge in [-0.25, -0.2) is 4.39 Å². The molecule has 1 aromatic carbocycles. The first-order valence-corrected chi connectivity index (χ1v) is 7.48. The monoisotopic (exact) mass is 372 g/mol. The zero-order chi connectivity index (χ0) is 15.6. The van der Waals surface area contributed by atoms with Crippen LogP contribution in [-0.2, 0) is 6.54 Å². The van der Waals surface area contributed by atoms with Crippen LogP contribution in [0.1, 0.15) is 15.9 Å². The summed E-state index contributed by atoms with van der Waals surface area (Å²) in [5.74, 6) is -1.42. The number of benzene rings is 1. The molecule has 0 saturated carbocycles. The Morgan fingerprint density at radius 3 is 2.71 bits per heavy atom. The second-order valence-electron chi connectivity index (χ2n) is 4.34. The minimum Gasteiger partial charge on any atom is -0.337 e. The van der Waals surface area contributed by atoms with E-state index in [0.717, 1.165) is 27.5 Å². The van der Waals surface area contributed by atoms with Gasteiger partial charge in [-0.2, -0.15) is 0 Å². The highest BCUT2D eigenvalue weighted by Crippen LogP contribution is 2.23. The molecule has 2 aromatic rings. The number of thiophene rings is 1. The first-order valence-electron chi connectivity index (χ1n) is 5.81. The summed E-state index contributed by atoms with van der Waals surface area (Å²) < 4.78 is 14.8. The standard InChI is InChI=1S/C13H10BrFN2O3S/c1-16(6-8-4-12(14)21-7-8)13(18)10-3-2-9(17(19)20)5-11(10)15/h2-5,7H,6H2,1H3. The molecule has 21 heavy (non-hydrogen) atoms. The molecular formula is C13H10BrFN2O3S. The number of amides is 1. The van der Waals surface area contributed by atoms with Crippen LogP contribution in [0.25, 0.3) is 0 Å². The molecule has 5 nitrogen and oxygen atoms in total. The maximum atomic E-state index is 13.8. The number of nitrogens with zero attached hydrogens (tertiary/aromatic N) is 2. The number of non-ortho nitro benzene ring substituents is 1. The SMILES string of the molecule is CN(Cc1csc(Br)c1)C(=O)c1ccc([N+](=O)[O-])cc1F. The Kier molecular flexibility index (Phi) is 4.69. The summed E-state index contributed by atoms with van der Waals surface area (Å²) >= 11 is 4.82. The molecule has 0 aliphatic heterocycles. The number of carbonyl (C=O) groups excluding carboxylic acids is 1. The number of hydrogen-bond donors (Lipinski definition) is 0. The summed E-state index contributed by atoms with van der Waals surface area (Å²) in [6.07, 6.45) is 0. The van der Waals surface area contributed by atoms with Crippen LogP contribution in [0, 0.1) is 15.9 Å². The molecule has 1 heterocycles. The first kappa shape index (κ1) is 15.6. The molecule has 0 atom stereocenters. The molecule has 0 bridgehead atoms. The summed E-state index contributed by atoms with van der Waals surface area (Å²) in [7, 11) is 1.55. The topological polar surface area (TPSA) is 63.5 Å². The highest BCUT2D eigenvalue weighted by atomic mass is 79.9. The Bertz CT molecular complexity index is 704. The van der Waals surface area contributed by atoms with Crippen molar-refractivity contribution in [3.63, 3.8) is 0 Å². The molecule has 0 unspecified atom stereocenters. The summed E-state index contributed by atoms with van der Waals surface area (Å²) in [6.45, 7) is 0.331. The third-order valence-electron chi connectivity index (χ3n) is 2.78. The van der Waals surface area contributed by atoms with Crippen molar-refractivity contribution < 1.29 is 14.1 Å². The molecule has 0 spiro atoms. The molecule has 0 aliphatic rings. The second-order valence-corrected chi connectivity index (χ2v) is 6.63. The van der Waals surface area contributed by atoms with Crippen molar-refractivity contribution in [1.29, 1.82) is 0 Å². The zero-order valence-electron chi connectivity index (χ0n) is 10.9. The Morgan fingerprint density at radius 1 is 1.48 bits per heavy atom. The third-order valence-corrected chi connectivity index (χ3v) is 4.34. The van der Waals surface area contributed by atoms with Gasteiger partial charge in [0.2, 0.25) is 0 Å². The van der Waals surface area contributed by atoms with Gasteiger partial charge >= 0.3 is 0 Å². The van der Waals surface area contributed by atoms with E-state index in [9.17, 15) is 19.3 Å². The van der Waals surface area contributed by atoms with Crippen LogP contribution in [0.5, 0.6) is 0 Å². The average Bonchev–Trinajstić information content (AvgIpc) is 2.83. The fourth-order valence-corrected chi connectivity index (χ4v) is 2.97. The molecule has 0 N–H and O–H groups in total. The lowest BCUT2D eigenvalue weighted by molar-refractivity contribution is -0.385. The molecule has 2 rings (SSSR count). The van der Waals surface area contributed by atoms with E-state index in [0.29, 0.717) is 6.54 Å². The van der Waals surface area contributed by atoms with E-state index in [1.807, 2.05) is 11.4 Å². The summed E-state index contributed by atoms with van der Waals surface area (Å²) in [5.41, 5.74) is 0.357. The number of nitro benzene ring substituents is 1. The predicted octanol–water partition coefficient (Wildman–Crippen LogP) is 3.83. The van der Waals surface area contributed by atoms with E-state index in [4.69, 9.17) is 0 Å². The minimum absolute atomic E-state index is 0.183. The van der Waals surface area contributed by atoms with E-state index in [-0.39, 0.29) is 11.3 Å². The molecule has 1 amide bonds. The van der Waals surface area contributed by atoms with E-state index in [1.54, 1.807) is 7.05 Å². The lowest BCUT2D eigenvalue weighted by atomic mass is 10.1. The highest BCUT2D eigenvalue weighted by molar-refractivity contribution is 9.11. The van der Waals surface area contributed by atoms with Gasteiger partial charge in [0.05, 0.1) is 20.3 Å². The Balaban J connectivity index is 2.17. The third kappa shape index (κ3) is 3.64. The van der Waals surface area contributed by atoms with Gasteiger partial charge in [0, 0.05) is 19.7 Å². The number of carbonyl (C=O) groups is 1. The molecule has 1 aromatic heterocycles. The first-order chi connectivity index (χ1) is 9.88. The lowest BCUT2D eigenvalue weighted by Gasteiger charge is -2.16. The van der Waals surface area contributed by atoms with Crippen LogP contribution in [0.4, 0.5) is 10.1 Å². The van der Waals surface area contributed by atoms with Gasteiger partial charge in [-0.3, -0.25) is 14.9 Å². The normalized spacial score (nSPS) is 10.4. The summed E-state index contributed by atoms with van der Waals surface area (Å²) in [6, 6.07) is 4.88. The van der Waals surface area contributed by atoms with Crippen molar-refractivity contribution in [2.45, 2.75) is 6.54 Å². The van der Waals surface area contributed by atoms with Crippen molar-refractivity contribution >= 4 is 38.9 Å². The molecular weight excluding hydrogens is 363 g/mol. The Labute approximate surface area is 132 Å². The Hall–Kier alpha value is -1.80. The van der Waals surface area contributed by atoms with Gasteiger partial charge in [0.1, 0.15) is 5.82 Å². The van der Waals surface area contributed by atoms with Crippen molar-refractivity contribution in [2.24, 2.45) is 0 Å². The highest BCUT2D eigenvalue weighted by Gasteiger charge is 2.19. The Morgan fingerprint density at radius 2 is 2.19 bits per heavy atom. The molecule has 0 fully saturated rings. The van der Waals surface area contributed by atoms with Crippen LogP contribution in [0.2, 0.25) is 0 Å². The molecule has 0 radical (unpaired) electrons. The van der Waals surface area contributed by atoms with Crippen molar-refractivity contribution in [1.82, 2.24) is 4.90 Å². The van der Waals surface area contributed by atoms with E-state index >= 15 is 0 Å². The van der Waals surface area contributed by atoms with Crippen molar-refractivity contribution in [3.8, 4) is 0 Å². The zero-order valence-corrected chi connectivity index (χ0v) is 13.3. The average molecular weight is 373 g/mol. The molecule has 8 heteroatoms. The summed E-state index contributed by atoms with van der Waals surface area (Å²) in [5, 5.41) is 12.4. The van der Waals surface area contributed by atoms with Gasteiger partial charge in [-0.05, 0) is 39.0 Å². The molecule has 0 saturated heterocycles. The smallest absolute Gasteiger partial charge is 0.272 e. The summed E-state index contributed by atoms with van der Waals surface area (Å²) in [4.78, 5) is 23.4. The van der Waals surface area contributed by atoms with Gasteiger partial charge in [0.25, 0.3) is 11.6 Å². The number of nitro groups is 1. The van der Waals surface area contributed by atoms with Gasteiger partial charge in [-0.1, -0.05) is 0 Å². The van der Waals surface area contributed by atoms with Crippen LogP contribution in [0.15, 0.2) is 33.4 Å². The van der Waals surface area contributed by atoms with Crippen LogP contribution >= 0.6 is 27.3 Å². The quantitative estimate of drug-likeness (QED) is 0.605. The number of rotatable bonds is 4. The molecule has 110 valence electrons. The predicted molar refractivity (Wildman–Crippen MR) is 80.9 cm³/mol. The van der Waals surface area contributed by atoms with E-state index in [2.05, 4.69) is 15.9 Å². The fraction of sp³-hybridized carbons (Fsp3) is 0.154. The maximum Gasteiger partial charge on any atom is 0.272 e. The molecule has 0 aliphatic carbocycles. The van der Waals surface area contributed by atoms with Crippen molar-refractivity contribution in [3.05, 3.63) is 60.5 Å². The van der Waals surface area contributed by atoms with Crippen LogP contribution < -0.4 is 0 Å². The van der Waals surface area contributed by atoms with Gasteiger partial charge < -0.3 is 4.90 Å². The lowest BCUT2D eigenvalue weighted by Crippen LogP contribution is -2.26. The van der Waals surface area contributed by atoms with E-state index in [1.165, 1.54) is 16.2 Å². The van der Waals surface area contributed by atoms with Crippen LogP contribution in [0.3, 0.4) is 0 Å². The fourth-order valence-electron chi connectivity index (χ4n) is 1.77. The minimum atomic E-state index is -0.896. The maximum absolute atomic E-state index is 13.8. The van der Waals surface area contributed by atoms with E-state index < -0.39 is 16.6 Å². The second kappa shape index (κ2) is 6.31. The van der Waals surface area contributed by atoms with Gasteiger partial charge in [0.15, 0.2) is 0 Å². The largest absolute Gasteiger partial charge is 0.337 e. The van der Waals surface area contributed by atoms with Gasteiger partial charge in [-0.15, -0.1) is 11.3 Å². The number of hydrogen-bond acceptors (Lipinski definition) is 4.